The van der Waals surface area contributed by atoms with Gasteiger partial charge in [0.2, 0.25) is 5.91 Å². The van der Waals surface area contributed by atoms with Gasteiger partial charge in [-0.2, -0.15) is 0 Å². The molecule has 1 fully saturated rings. The van der Waals surface area contributed by atoms with Crippen molar-refractivity contribution in [1.29, 1.82) is 0 Å². The quantitative estimate of drug-likeness (QED) is 0.905. The minimum absolute atomic E-state index is 0.228. The third kappa shape index (κ3) is 3.10. The molecule has 1 saturated heterocycles. The van der Waals surface area contributed by atoms with Gasteiger partial charge in [0, 0.05) is 19.5 Å². The number of carbonyl (C=O) groups is 1. The van der Waals surface area contributed by atoms with Crippen molar-refractivity contribution in [2.75, 3.05) is 18.0 Å². The van der Waals surface area contributed by atoms with E-state index in [9.17, 15) is 4.79 Å². The van der Waals surface area contributed by atoms with Gasteiger partial charge >= 0.3 is 0 Å². The molecule has 1 aliphatic rings. The van der Waals surface area contributed by atoms with Crippen molar-refractivity contribution < 1.29 is 4.79 Å². The van der Waals surface area contributed by atoms with E-state index in [2.05, 4.69) is 19.9 Å². The van der Waals surface area contributed by atoms with Crippen LogP contribution in [0.1, 0.15) is 25.7 Å². The summed E-state index contributed by atoms with van der Waals surface area (Å²) in [6.07, 6.45) is 5.07. The van der Waals surface area contributed by atoms with Gasteiger partial charge in [0.25, 0.3) is 0 Å². The monoisotopic (exact) mass is 307 g/mol. The van der Waals surface area contributed by atoms with E-state index in [1.807, 2.05) is 6.07 Å². The maximum atomic E-state index is 10.9. The summed E-state index contributed by atoms with van der Waals surface area (Å²) in [5.74, 6) is 1.16. The van der Waals surface area contributed by atoms with Gasteiger partial charge in [-0.3, -0.25) is 4.79 Å². The van der Waals surface area contributed by atoms with Crippen LogP contribution >= 0.6 is 11.6 Å². The van der Waals surface area contributed by atoms with Gasteiger partial charge in [-0.15, -0.1) is 0 Å². The van der Waals surface area contributed by atoms with Crippen LogP contribution in [0.15, 0.2) is 12.4 Å². The van der Waals surface area contributed by atoms with Crippen LogP contribution in [0, 0.1) is 5.92 Å². The molecule has 6 nitrogen and oxygen atoms in total. The molecular formula is C14H18ClN5O. The lowest BCUT2D eigenvalue weighted by Crippen LogP contribution is -2.36. The van der Waals surface area contributed by atoms with Crippen molar-refractivity contribution in [2.45, 2.75) is 25.7 Å². The summed E-state index contributed by atoms with van der Waals surface area (Å²) >= 11 is 6.01. The molecule has 1 atom stereocenters. The second-order valence-electron chi connectivity index (χ2n) is 5.54. The minimum atomic E-state index is -0.228. The number of nitrogens with one attached hydrogen (secondary N) is 1. The Morgan fingerprint density at radius 2 is 2.38 bits per heavy atom. The van der Waals surface area contributed by atoms with E-state index in [0.29, 0.717) is 17.5 Å². The number of hydrogen-bond acceptors (Lipinski definition) is 4. The first-order chi connectivity index (χ1) is 10.1. The zero-order chi connectivity index (χ0) is 14.8. The Kier molecular flexibility index (Phi) is 3.96. The van der Waals surface area contributed by atoms with Crippen LogP contribution in [0.5, 0.6) is 0 Å². The fourth-order valence-corrected chi connectivity index (χ4v) is 3.18. The van der Waals surface area contributed by atoms with E-state index in [1.165, 1.54) is 0 Å². The fraction of sp³-hybridized carbons (Fsp3) is 0.500. The Bertz CT molecular complexity index is 656. The Morgan fingerprint density at radius 1 is 1.52 bits per heavy atom. The number of H-pyrrole nitrogens is 1. The maximum absolute atomic E-state index is 10.9. The van der Waals surface area contributed by atoms with Gasteiger partial charge in [0.1, 0.15) is 22.9 Å². The first-order valence-electron chi connectivity index (χ1n) is 7.16. The SMILES string of the molecule is NC(=O)CCC1CCCN(c2ncnc3[nH]c(Cl)cc23)C1. The fourth-order valence-electron chi connectivity index (χ4n) is 2.99. The van der Waals surface area contributed by atoms with Crippen LogP contribution in [0.2, 0.25) is 5.15 Å². The van der Waals surface area contributed by atoms with Crippen molar-refractivity contribution in [3.8, 4) is 0 Å². The van der Waals surface area contributed by atoms with Crippen LogP contribution < -0.4 is 10.6 Å². The average molecular weight is 308 g/mol. The van der Waals surface area contributed by atoms with E-state index >= 15 is 0 Å². The van der Waals surface area contributed by atoms with Gasteiger partial charge in [-0.25, -0.2) is 9.97 Å². The van der Waals surface area contributed by atoms with Crippen LogP contribution in [0.25, 0.3) is 11.0 Å². The summed E-state index contributed by atoms with van der Waals surface area (Å²) in [4.78, 5) is 24.8. The summed E-state index contributed by atoms with van der Waals surface area (Å²) in [6, 6.07) is 1.86. The molecule has 3 rings (SSSR count). The van der Waals surface area contributed by atoms with Crippen molar-refractivity contribution in [3.05, 3.63) is 17.5 Å². The highest BCUT2D eigenvalue weighted by Gasteiger charge is 2.23. The third-order valence-electron chi connectivity index (χ3n) is 3.99. The van der Waals surface area contributed by atoms with E-state index in [0.717, 1.165) is 49.2 Å². The molecule has 21 heavy (non-hydrogen) atoms. The zero-order valence-corrected chi connectivity index (χ0v) is 12.4. The molecule has 0 bridgehead atoms. The Balaban J connectivity index is 1.80. The van der Waals surface area contributed by atoms with Crippen LogP contribution in [0.3, 0.4) is 0 Å². The van der Waals surface area contributed by atoms with E-state index in [1.54, 1.807) is 6.33 Å². The highest BCUT2D eigenvalue weighted by molar-refractivity contribution is 6.30. The molecule has 0 radical (unpaired) electrons. The van der Waals surface area contributed by atoms with Crippen LogP contribution in [-0.4, -0.2) is 33.9 Å². The second-order valence-corrected chi connectivity index (χ2v) is 5.94. The second kappa shape index (κ2) is 5.89. The highest BCUT2D eigenvalue weighted by atomic mass is 35.5. The molecule has 2 aromatic rings. The lowest BCUT2D eigenvalue weighted by Gasteiger charge is -2.33. The number of halogens is 1. The van der Waals surface area contributed by atoms with E-state index < -0.39 is 0 Å². The molecule has 0 aliphatic carbocycles. The number of fused-ring (bicyclic) bond motifs is 1. The summed E-state index contributed by atoms with van der Waals surface area (Å²) in [5, 5.41) is 1.51. The highest BCUT2D eigenvalue weighted by Crippen LogP contribution is 2.30. The van der Waals surface area contributed by atoms with E-state index in [-0.39, 0.29) is 5.91 Å². The predicted octanol–water partition coefficient (Wildman–Crippen LogP) is 2.09. The Labute approximate surface area is 127 Å². The maximum Gasteiger partial charge on any atom is 0.217 e. The number of nitrogens with two attached hydrogens (primary N) is 1. The third-order valence-corrected chi connectivity index (χ3v) is 4.19. The minimum Gasteiger partial charge on any atom is -0.370 e. The number of aromatic nitrogens is 3. The number of aromatic amines is 1. The van der Waals surface area contributed by atoms with Gasteiger partial charge in [-0.1, -0.05) is 11.6 Å². The van der Waals surface area contributed by atoms with Crippen molar-refractivity contribution in [2.24, 2.45) is 11.7 Å². The lowest BCUT2D eigenvalue weighted by molar-refractivity contribution is -0.118. The summed E-state index contributed by atoms with van der Waals surface area (Å²) in [5.41, 5.74) is 5.99. The largest absolute Gasteiger partial charge is 0.370 e. The summed E-state index contributed by atoms with van der Waals surface area (Å²) < 4.78 is 0. The van der Waals surface area contributed by atoms with E-state index in [4.69, 9.17) is 17.3 Å². The normalized spacial score (nSPS) is 19.1. The first-order valence-corrected chi connectivity index (χ1v) is 7.54. The number of primary amides is 1. The Morgan fingerprint density at radius 3 is 3.19 bits per heavy atom. The standard InChI is InChI=1S/C14H18ClN5O/c15-11-6-10-13(19-11)17-8-18-14(10)20-5-1-2-9(7-20)3-4-12(16)21/h6,8-9H,1-5,7H2,(H2,16,21)(H,17,18,19). The molecule has 0 spiro atoms. The number of rotatable bonds is 4. The molecule has 1 amide bonds. The molecule has 0 aromatic carbocycles. The molecule has 1 unspecified atom stereocenters. The topological polar surface area (TPSA) is 87.9 Å². The number of nitrogens with zero attached hydrogens (tertiary/aromatic N) is 3. The van der Waals surface area contributed by atoms with Gasteiger partial charge in [0.05, 0.1) is 5.39 Å². The van der Waals surface area contributed by atoms with Crippen molar-refractivity contribution >= 4 is 34.4 Å². The first kappa shape index (κ1) is 14.1. The predicted molar refractivity (Wildman–Crippen MR) is 82.3 cm³/mol. The van der Waals surface area contributed by atoms with Gasteiger partial charge in [0.15, 0.2) is 0 Å². The average Bonchev–Trinajstić information content (AvgIpc) is 2.85. The number of amides is 1. The number of carbonyl (C=O) groups excluding carboxylic acids is 1. The molecule has 3 heterocycles. The molecular weight excluding hydrogens is 290 g/mol. The zero-order valence-electron chi connectivity index (χ0n) is 11.7. The van der Waals surface area contributed by atoms with Crippen molar-refractivity contribution in [1.82, 2.24) is 15.0 Å². The molecule has 0 saturated carbocycles. The van der Waals surface area contributed by atoms with Crippen LogP contribution in [-0.2, 0) is 4.79 Å². The van der Waals surface area contributed by atoms with Gasteiger partial charge in [-0.05, 0) is 31.2 Å². The molecule has 112 valence electrons. The molecule has 1 aliphatic heterocycles. The number of piperidine rings is 1. The van der Waals surface area contributed by atoms with Crippen molar-refractivity contribution in [3.63, 3.8) is 0 Å². The molecule has 2 aromatic heterocycles. The summed E-state index contributed by atoms with van der Waals surface area (Å²) in [6.45, 7) is 1.85. The lowest BCUT2D eigenvalue weighted by atomic mass is 9.93. The molecule has 7 heteroatoms. The number of hydrogen-bond donors (Lipinski definition) is 2. The number of anilines is 1. The smallest absolute Gasteiger partial charge is 0.217 e. The van der Waals surface area contributed by atoms with Gasteiger partial charge < -0.3 is 15.6 Å². The summed E-state index contributed by atoms with van der Waals surface area (Å²) in [7, 11) is 0. The Hall–Kier alpha value is -1.82. The van der Waals surface area contributed by atoms with Crippen LogP contribution in [0.4, 0.5) is 5.82 Å². The molecule has 3 N–H and O–H groups in total.